The quantitative estimate of drug-likeness (QED) is 0.314. The maximum Gasteiger partial charge on any atom is 0.176 e. The zero-order valence-electron chi connectivity index (χ0n) is 19.0. The predicted octanol–water partition coefficient (Wildman–Crippen LogP) is 7.25. The SMILES string of the molecule is Cc1ccccc1N=Nc1ccc(N2NC(c3ccccc3)=NN2c2ccccc2)c(C)c1.Cl. The van der Waals surface area contributed by atoms with Crippen LogP contribution in [0.25, 0.3) is 0 Å². The van der Waals surface area contributed by atoms with E-state index in [2.05, 4.69) is 22.6 Å². The molecule has 0 unspecified atom stereocenters. The van der Waals surface area contributed by atoms with Crippen molar-refractivity contribution in [2.45, 2.75) is 13.8 Å². The van der Waals surface area contributed by atoms with Crippen molar-refractivity contribution in [3.63, 3.8) is 0 Å². The lowest BCUT2D eigenvalue weighted by Gasteiger charge is -2.29. The Morgan fingerprint density at radius 3 is 2.09 bits per heavy atom. The second-order valence-corrected chi connectivity index (χ2v) is 7.82. The van der Waals surface area contributed by atoms with Crippen molar-refractivity contribution >= 4 is 41.0 Å². The lowest BCUT2D eigenvalue weighted by molar-refractivity contribution is 0.767. The first-order chi connectivity index (χ1) is 16.2. The third kappa shape index (κ3) is 4.77. The molecule has 0 aromatic heterocycles. The lowest BCUT2D eigenvalue weighted by atomic mass is 10.2. The van der Waals surface area contributed by atoms with Gasteiger partial charge in [-0.25, -0.2) is 0 Å². The van der Waals surface area contributed by atoms with E-state index in [9.17, 15) is 0 Å². The summed E-state index contributed by atoms with van der Waals surface area (Å²) in [5.41, 5.74) is 10.2. The van der Waals surface area contributed by atoms with Gasteiger partial charge in [0.15, 0.2) is 5.84 Å². The van der Waals surface area contributed by atoms with Crippen molar-refractivity contribution in [1.29, 1.82) is 0 Å². The summed E-state index contributed by atoms with van der Waals surface area (Å²) in [5, 5.41) is 17.6. The van der Waals surface area contributed by atoms with Gasteiger partial charge in [0.05, 0.1) is 22.7 Å². The fourth-order valence-electron chi connectivity index (χ4n) is 3.65. The molecule has 0 amide bonds. The Labute approximate surface area is 205 Å². The third-order valence-corrected chi connectivity index (χ3v) is 5.43. The van der Waals surface area contributed by atoms with Crippen LogP contribution >= 0.6 is 12.4 Å². The molecule has 0 saturated carbocycles. The minimum absolute atomic E-state index is 0. The summed E-state index contributed by atoms with van der Waals surface area (Å²) in [5.74, 6) is 0.780. The number of hydrogen-bond acceptors (Lipinski definition) is 6. The van der Waals surface area contributed by atoms with Crippen LogP contribution < -0.4 is 15.7 Å². The standard InChI is InChI=1S/C27H24N6.ClH/c1-20-11-9-10-16-25(20)29-28-23-17-18-26(21(2)19-23)33-31-27(22-12-5-3-6-13-22)30-32(33)24-14-7-4-8-15-24;/h3-19H,1-2H3,(H,30,31);1H. The minimum atomic E-state index is 0. The van der Waals surface area contributed by atoms with Crippen molar-refractivity contribution < 1.29 is 0 Å². The van der Waals surface area contributed by atoms with Gasteiger partial charge >= 0.3 is 0 Å². The lowest BCUT2D eigenvalue weighted by Crippen LogP contribution is -2.45. The average molecular weight is 469 g/mol. The number of benzene rings is 4. The maximum absolute atomic E-state index is 4.86. The van der Waals surface area contributed by atoms with E-state index in [-0.39, 0.29) is 12.4 Å². The van der Waals surface area contributed by atoms with Gasteiger partial charge in [-0.15, -0.1) is 17.5 Å². The van der Waals surface area contributed by atoms with Crippen molar-refractivity contribution in [3.05, 3.63) is 120 Å². The van der Waals surface area contributed by atoms with Crippen LogP contribution in [0, 0.1) is 13.8 Å². The Kier molecular flexibility index (Phi) is 6.90. The van der Waals surface area contributed by atoms with E-state index < -0.39 is 0 Å². The van der Waals surface area contributed by atoms with Crippen molar-refractivity contribution in [1.82, 2.24) is 5.43 Å². The number of rotatable bonds is 5. The number of para-hydroxylation sites is 1. The number of hydrazine groups is 2. The highest BCUT2D eigenvalue weighted by molar-refractivity contribution is 6.02. The first kappa shape index (κ1) is 23.0. The molecule has 0 fully saturated rings. The molecule has 0 saturated heterocycles. The van der Waals surface area contributed by atoms with Crippen LogP contribution in [0.5, 0.6) is 0 Å². The molecule has 170 valence electrons. The predicted molar refractivity (Wildman–Crippen MR) is 141 cm³/mol. The second kappa shape index (κ2) is 10.2. The van der Waals surface area contributed by atoms with Gasteiger partial charge in [-0.2, -0.15) is 20.5 Å². The summed E-state index contributed by atoms with van der Waals surface area (Å²) in [6, 6.07) is 34.2. The molecule has 4 aromatic carbocycles. The number of halogens is 1. The Balaban J connectivity index is 0.00000274. The molecule has 0 bridgehead atoms. The van der Waals surface area contributed by atoms with Gasteiger partial charge in [-0.3, -0.25) is 5.43 Å². The highest BCUT2D eigenvalue weighted by atomic mass is 35.5. The smallest absolute Gasteiger partial charge is 0.176 e. The number of amidine groups is 1. The van der Waals surface area contributed by atoms with Crippen molar-refractivity contribution in [2.75, 3.05) is 10.2 Å². The third-order valence-electron chi connectivity index (χ3n) is 5.43. The fraction of sp³-hybridized carbons (Fsp3) is 0.0741. The van der Waals surface area contributed by atoms with Gasteiger partial charge in [-0.05, 0) is 61.4 Å². The van der Waals surface area contributed by atoms with Crippen molar-refractivity contribution in [2.24, 2.45) is 15.3 Å². The van der Waals surface area contributed by atoms with E-state index in [0.717, 1.165) is 45.3 Å². The topological polar surface area (TPSA) is 55.6 Å². The summed E-state index contributed by atoms with van der Waals surface area (Å²) in [7, 11) is 0. The number of hydrogen-bond donors (Lipinski definition) is 1. The molecular weight excluding hydrogens is 444 g/mol. The Morgan fingerprint density at radius 1 is 0.706 bits per heavy atom. The zero-order valence-corrected chi connectivity index (χ0v) is 19.8. The molecule has 0 aliphatic carbocycles. The molecule has 5 rings (SSSR count). The Hall–Kier alpha value is -4.16. The maximum atomic E-state index is 4.86. The number of nitrogens with zero attached hydrogens (tertiary/aromatic N) is 5. The van der Waals surface area contributed by atoms with E-state index in [1.807, 2.05) is 120 Å². The van der Waals surface area contributed by atoms with Gasteiger partial charge in [0.25, 0.3) is 0 Å². The Bertz CT molecular complexity index is 1320. The molecule has 34 heavy (non-hydrogen) atoms. The van der Waals surface area contributed by atoms with Gasteiger partial charge in [0.1, 0.15) is 0 Å². The second-order valence-electron chi connectivity index (χ2n) is 7.82. The largest absolute Gasteiger partial charge is 0.259 e. The molecule has 4 aromatic rings. The normalized spacial score (nSPS) is 12.9. The summed E-state index contributed by atoms with van der Waals surface area (Å²) in [6.45, 7) is 4.09. The van der Waals surface area contributed by atoms with E-state index in [1.165, 1.54) is 0 Å². The minimum Gasteiger partial charge on any atom is -0.259 e. The van der Waals surface area contributed by atoms with Crippen LogP contribution in [0.3, 0.4) is 0 Å². The fourth-order valence-corrected chi connectivity index (χ4v) is 3.65. The van der Waals surface area contributed by atoms with E-state index >= 15 is 0 Å². The summed E-state index contributed by atoms with van der Waals surface area (Å²) < 4.78 is 0. The van der Waals surface area contributed by atoms with Crippen LogP contribution in [0.4, 0.5) is 22.7 Å². The molecule has 0 radical (unpaired) electrons. The molecule has 0 spiro atoms. The summed E-state index contributed by atoms with van der Waals surface area (Å²) in [4.78, 5) is 0. The van der Waals surface area contributed by atoms with E-state index in [0.29, 0.717) is 0 Å². The van der Waals surface area contributed by atoms with E-state index in [4.69, 9.17) is 5.10 Å². The molecule has 7 heteroatoms. The molecule has 1 heterocycles. The number of nitrogens with one attached hydrogen (secondary N) is 1. The molecule has 0 atom stereocenters. The zero-order chi connectivity index (χ0) is 22.6. The average Bonchev–Trinajstić information content (AvgIpc) is 3.30. The molecular formula is C27H25ClN6. The van der Waals surface area contributed by atoms with Crippen LogP contribution in [0.15, 0.2) is 118 Å². The van der Waals surface area contributed by atoms with Gasteiger partial charge < -0.3 is 0 Å². The van der Waals surface area contributed by atoms with Crippen molar-refractivity contribution in [3.8, 4) is 0 Å². The monoisotopic (exact) mass is 468 g/mol. The number of aryl methyl sites for hydroxylation is 2. The van der Waals surface area contributed by atoms with Gasteiger partial charge in [0, 0.05) is 5.56 Å². The number of anilines is 2. The molecule has 1 aliphatic heterocycles. The molecule has 1 aliphatic rings. The summed E-state index contributed by atoms with van der Waals surface area (Å²) in [6.07, 6.45) is 0. The molecule has 6 nitrogen and oxygen atoms in total. The summed E-state index contributed by atoms with van der Waals surface area (Å²) >= 11 is 0. The first-order valence-electron chi connectivity index (χ1n) is 10.8. The van der Waals surface area contributed by atoms with Crippen LogP contribution in [0.2, 0.25) is 0 Å². The van der Waals surface area contributed by atoms with Crippen LogP contribution in [0.1, 0.15) is 16.7 Å². The van der Waals surface area contributed by atoms with Crippen LogP contribution in [-0.2, 0) is 0 Å². The highest BCUT2D eigenvalue weighted by Gasteiger charge is 2.27. The van der Waals surface area contributed by atoms with Gasteiger partial charge in [0.2, 0.25) is 0 Å². The Morgan fingerprint density at radius 2 is 1.38 bits per heavy atom. The van der Waals surface area contributed by atoms with E-state index in [1.54, 1.807) is 0 Å². The van der Waals surface area contributed by atoms with Gasteiger partial charge in [-0.1, -0.05) is 66.7 Å². The number of azo groups is 1. The first-order valence-corrected chi connectivity index (χ1v) is 10.8. The highest BCUT2D eigenvalue weighted by Crippen LogP contribution is 2.31. The molecule has 1 N–H and O–H groups in total. The van der Waals surface area contributed by atoms with Crippen LogP contribution in [-0.4, -0.2) is 5.84 Å². The number of hydrazone groups is 1.